The standard InChI is InChI=1S/C24H30BrNO4Si/c1-23(2,3)31(5,6)30-24(22(28)29-4)21(27)16-20(17-12-14-18(25)15-13-17)26(24)19-10-8-7-9-11-19/h7-15,20H,16H2,1-6H3/t20-,24+/m0/s1. The van der Waals surface area contributed by atoms with Gasteiger partial charge in [0.15, 0.2) is 14.1 Å². The molecule has 0 spiro atoms. The molecule has 0 bridgehead atoms. The van der Waals surface area contributed by atoms with E-state index in [-0.39, 0.29) is 23.3 Å². The molecule has 1 heterocycles. The number of nitrogens with zero attached hydrogens (tertiary/aromatic N) is 1. The minimum absolute atomic E-state index is 0.153. The topological polar surface area (TPSA) is 55.8 Å². The van der Waals surface area contributed by atoms with Crippen LogP contribution < -0.4 is 4.90 Å². The van der Waals surface area contributed by atoms with Gasteiger partial charge in [0.05, 0.1) is 13.2 Å². The molecule has 0 aromatic heterocycles. The summed E-state index contributed by atoms with van der Waals surface area (Å²) in [5.41, 5.74) is -0.146. The van der Waals surface area contributed by atoms with Gasteiger partial charge in [-0.1, -0.05) is 67.0 Å². The molecule has 1 fully saturated rings. The van der Waals surface area contributed by atoms with Crippen LogP contribution in [0.5, 0.6) is 0 Å². The van der Waals surface area contributed by atoms with E-state index in [0.29, 0.717) is 0 Å². The molecule has 0 radical (unpaired) electrons. The minimum Gasteiger partial charge on any atom is -0.465 e. The maximum atomic E-state index is 13.7. The molecule has 31 heavy (non-hydrogen) atoms. The van der Waals surface area contributed by atoms with Gasteiger partial charge in [-0.05, 0) is 48.0 Å². The second-order valence-corrected chi connectivity index (χ2v) is 15.0. The third-order valence-corrected chi connectivity index (χ3v) is 11.3. The van der Waals surface area contributed by atoms with Gasteiger partial charge in [-0.3, -0.25) is 4.79 Å². The molecule has 1 aliphatic rings. The Morgan fingerprint density at radius 3 is 2.19 bits per heavy atom. The number of benzene rings is 2. The summed E-state index contributed by atoms with van der Waals surface area (Å²) in [6, 6.07) is 17.0. The van der Waals surface area contributed by atoms with Crippen molar-refractivity contribution in [3.05, 3.63) is 64.6 Å². The molecule has 0 saturated carbocycles. The monoisotopic (exact) mass is 503 g/mol. The molecule has 1 saturated heterocycles. The first-order valence-corrected chi connectivity index (χ1v) is 14.1. The van der Waals surface area contributed by atoms with Crippen molar-refractivity contribution in [3.8, 4) is 0 Å². The first kappa shape index (κ1) is 23.7. The number of carbonyl (C=O) groups is 2. The highest BCUT2D eigenvalue weighted by atomic mass is 79.9. The van der Waals surface area contributed by atoms with E-state index in [1.54, 1.807) is 0 Å². The van der Waals surface area contributed by atoms with Gasteiger partial charge in [0.25, 0.3) is 5.72 Å². The fourth-order valence-electron chi connectivity index (χ4n) is 3.68. The number of ether oxygens (including phenoxy) is 1. The van der Waals surface area contributed by atoms with E-state index in [1.807, 2.05) is 72.6 Å². The average Bonchev–Trinajstić information content (AvgIpc) is 3.00. The van der Waals surface area contributed by atoms with Crippen molar-refractivity contribution in [1.29, 1.82) is 0 Å². The van der Waals surface area contributed by atoms with E-state index in [0.717, 1.165) is 15.7 Å². The fraction of sp³-hybridized carbons (Fsp3) is 0.417. The van der Waals surface area contributed by atoms with Gasteiger partial charge in [-0.15, -0.1) is 0 Å². The summed E-state index contributed by atoms with van der Waals surface area (Å²) in [5.74, 6) is -0.952. The molecule has 7 heteroatoms. The van der Waals surface area contributed by atoms with Gasteiger partial charge in [0.2, 0.25) is 0 Å². The Morgan fingerprint density at radius 2 is 1.68 bits per heavy atom. The maximum absolute atomic E-state index is 13.7. The molecule has 0 amide bonds. The zero-order valence-electron chi connectivity index (χ0n) is 18.9. The van der Waals surface area contributed by atoms with Crippen molar-refractivity contribution < 1.29 is 18.8 Å². The lowest BCUT2D eigenvalue weighted by atomic mass is 10.0. The van der Waals surface area contributed by atoms with Gasteiger partial charge < -0.3 is 14.1 Å². The van der Waals surface area contributed by atoms with Crippen LogP contribution >= 0.6 is 15.9 Å². The second-order valence-electron chi connectivity index (χ2n) is 9.40. The number of rotatable bonds is 5. The zero-order valence-corrected chi connectivity index (χ0v) is 21.5. The van der Waals surface area contributed by atoms with Crippen LogP contribution in [0.4, 0.5) is 5.69 Å². The summed E-state index contributed by atoms with van der Waals surface area (Å²) < 4.78 is 12.8. The van der Waals surface area contributed by atoms with Crippen molar-refractivity contribution in [2.75, 3.05) is 12.0 Å². The maximum Gasteiger partial charge on any atom is 0.367 e. The van der Waals surface area contributed by atoms with Crippen molar-refractivity contribution in [2.45, 2.75) is 57.1 Å². The van der Waals surface area contributed by atoms with Gasteiger partial charge >= 0.3 is 5.97 Å². The lowest BCUT2D eigenvalue weighted by molar-refractivity contribution is -0.163. The number of hydrogen-bond donors (Lipinski definition) is 0. The Morgan fingerprint density at radius 1 is 1.10 bits per heavy atom. The highest BCUT2D eigenvalue weighted by molar-refractivity contribution is 9.10. The number of methoxy groups -OCH3 is 1. The number of halogens is 1. The van der Waals surface area contributed by atoms with Crippen LogP contribution in [0.3, 0.4) is 0 Å². The number of para-hydroxylation sites is 1. The summed E-state index contributed by atoms with van der Waals surface area (Å²) in [4.78, 5) is 28.9. The quantitative estimate of drug-likeness (QED) is 0.290. The van der Waals surface area contributed by atoms with Crippen LogP contribution in [0.15, 0.2) is 59.1 Å². The van der Waals surface area contributed by atoms with E-state index in [2.05, 4.69) is 36.7 Å². The lowest BCUT2D eigenvalue weighted by Gasteiger charge is -2.46. The third-order valence-electron chi connectivity index (χ3n) is 6.37. The summed E-state index contributed by atoms with van der Waals surface area (Å²) in [6.07, 6.45) is 0.153. The first-order valence-electron chi connectivity index (χ1n) is 10.4. The lowest BCUT2D eigenvalue weighted by Crippen LogP contribution is -2.64. The average molecular weight is 504 g/mol. The molecule has 1 aliphatic heterocycles. The summed E-state index contributed by atoms with van der Waals surface area (Å²) in [7, 11) is -1.24. The van der Waals surface area contributed by atoms with Crippen LogP contribution in [0.1, 0.15) is 38.8 Å². The SMILES string of the molecule is COC(=O)[C@]1(O[Si](C)(C)C(C)(C)C)C(=O)C[C@@H](c2ccc(Br)cc2)N1c1ccccc1. The van der Waals surface area contributed by atoms with Gasteiger partial charge in [0.1, 0.15) is 0 Å². The smallest absolute Gasteiger partial charge is 0.367 e. The summed E-state index contributed by atoms with van der Waals surface area (Å²) in [5, 5.41) is -0.202. The van der Waals surface area contributed by atoms with E-state index in [4.69, 9.17) is 9.16 Å². The van der Waals surface area contributed by atoms with Crippen LogP contribution in [-0.2, 0) is 18.8 Å². The molecular weight excluding hydrogens is 474 g/mol. The highest BCUT2D eigenvalue weighted by Crippen LogP contribution is 2.49. The second kappa shape index (κ2) is 8.52. The Balaban J connectivity index is 2.24. The largest absolute Gasteiger partial charge is 0.465 e. The van der Waals surface area contributed by atoms with Crippen LogP contribution in [0, 0.1) is 0 Å². The number of hydrogen-bond acceptors (Lipinski definition) is 5. The van der Waals surface area contributed by atoms with E-state index < -0.39 is 20.0 Å². The third kappa shape index (κ3) is 4.23. The van der Waals surface area contributed by atoms with Crippen LogP contribution in [0.25, 0.3) is 0 Å². The Labute approximate surface area is 194 Å². The van der Waals surface area contributed by atoms with E-state index in [1.165, 1.54) is 7.11 Å². The molecular formula is C24H30BrNO4Si. The van der Waals surface area contributed by atoms with E-state index >= 15 is 0 Å². The molecule has 0 aliphatic carbocycles. The molecule has 166 valence electrons. The predicted molar refractivity (Wildman–Crippen MR) is 128 cm³/mol. The van der Waals surface area contributed by atoms with E-state index in [9.17, 15) is 9.59 Å². The van der Waals surface area contributed by atoms with Crippen LogP contribution in [-0.4, -0.2) is 32.9 Å². The molecule has 0 unspecified atom stereocenters. The highest BCUT2D eigenvalue weighted by Gasteiger charge is 2.64. The Kier molecular flexibility index (Phi) is 6.51. The number of carbonyl (C=O) groups excluding carboxylic acids is 2. The Bertz CT molecular complexity index is 956. The molecule has 2 aromatic carbocycles. The minimum atomic E-state index is -2.55. The number of ketones is 1. The van der Waals surface area contributed by atoms with Crippen LogP contribution in [0.2, 0.25) is 18.1 Å². The first-order chi connectivity index (χ1) is 14.4. The van der Waals surface area contributed by atoms with Crippen molar-refractivity contribution in [1.82, 2.24) is 0 Å². The molecule has 2 aromatic rings. The molecule has 0 N–H and O–H groups in total. The van der Waals surface area contributed by atoms with Gasteiger partial charge in [0, 0.05) is 16.6 Å². The number of anilines is 1. The predicted octanol–water partition coefficient (Wildman–Crippen LogP) is 5.86. The normalized spacial score (nSPS) is 22.0. The van der Waals surface area contributed by atoms with Gasteiger partial charge in [-0.25, -0.2) is 4.79 Å². The fourth-order valence-corrected chi connectivity index (χ4v) is 5.29. The summed E-state index contributed by atoms with van der Waals surface area (Å²) in [6.45, 7) is 10.3. The van der Waals surface area contributed by atoms with Crippen molar-refractivity contribution in [3.63, 3.8) is 0 Å². The molecule has 3 rings (SSSR count). The zero-order chi connectivity index (χ0) is 23.0. The van der Waals surface area contributed by atoms with Gasteiger partial charge in [-0.2, -0.15) is 0 Å². The van der Waals surface area contributed by atoms with Crippen molar-refractivity contribution in [2.24, 2.45) is 0 Å². The Hall–Kier alpha value is -1.96. The number of esters is 1. The summed E-state index contributed by atoms with van der Waals surface area (Å²) >= 11 is 3.47. The van der Waals surface area contributed by atoms with Crippen molar-refractivity contribution >= 4 is 41.7 Å². The number of Topliss-reactive ketones (excluding diaryl/α,β-unsaturated/α-hetero) is 1. The molecule has 5 nitrogen and oxygen atoms in total. The molecule has 2 atom stereocenters.